The lowest BCUT2D eigenvalue weighted by atomic mass is 9.90. The van der Waals surface area contributed by atoms with Crippen LogP contribution in [-0.4, -0.2) is 24.2 Å². The molecule has 3 atom stereocenters. The van der Waals surface area contributed by atoms with E-state index in [1.165, 1.54) is 32.2 Å². The van der Waals surface area contributed by atoms with Crippen molar-refractivity contribution >= 4 is 17.8 Å². The molecule has 8 heteroatoms. The van der Waals surface area contributed by atoms with Crippen LogP contribution in [0.5, 0.6) is 5.75 Å². The molecule has 2 aromatic rings. The predicted molar refractivity (Wildman–Crippen MR) is 107 cm³/mol. The zero-order chi connectivity index (χ0) is 20.6. The highest BCUT2D eigenvalue weighted by Gasteiger charge is 2.64. The van der Waals surface area contributed by atoms with Crippen molar-refractivity contribution in [1.82, 2.24) is 5.43 Å². The van der Waals surface area contributed by atoms with E-state index in [-0.39, 0.29) is 22.9 Å². The lowest BCUT2D eigenvalue weighted by Gasteiger charge is -2.15. The van der Waals surface area contributed by atoms with E-state index in [4.69, 9.17) is 9.15 Å². The first kappa shape index (κ1) is 19.2. The molecule has 2 aliphatic carbocycles. The van der Waals surface area contributed by atoms with Crippen molar-refractivity contribution in [3.8, 4) is 17.1 Å². The Hall–Kier alpha value is -3.16. The number of furan rings is 1. The van der Waals surface area contributed by atoms with Gasteiger partial charge in [0.25, 0.3) is 5.69 Å². The maximum atomic E-state index is 12.4. The minimum Gasteiger partial charge on any atom is -0.497 e. The van der Waals surface area contributed by atoms with E-state index in [0.29, 0.717) is 28.8 Å². The Labute approximate surface area is 168 Å². The van der Waals surface area contributed by atoms with Crippen molar-refractivity contribution in [1.29, 1.82) is 0 Å². The SMILES string of the molecule is COc1ccc(-c2ccc(/C=N/NC(=O)[C@@H]3[C@@H]4CCCC[C@@]34C)o2)c([N+](=O)[O-])c1. The van der Waals surface area contributed by atoms with Gasteiger partial charge in [-0.1, -0.05) is 19.8 Å². The first-order chi connectivity index (χ1) is 13.9. The van der Waals surface area contributed by atoms with E-state index in [1.807, 2.05) is 0 Å². The number of nitro benzene ring substituents is 1. The third-order valence-electron chi connectivity index (χ3n) is 6.27. The second-order valence-corrected chi connectivity index (χ2v) is 7.91. The number of amides is 1. The van der Waals surface area contributed by atoms with Crippen LogP contribution in [0.2, 0.25) is 0 Å². The van der Waals surface area contributed by atoms with Gasteiger partial charge in [-0.05, 0) is 48.4 Å². The minimum absolute atomic E-state index is 0.0382. The first-order valence-electron chi connectivity index (χ1n) is 9.69. The fraction of sp³-hybridized carbons (Fsp3) is 0.429. The fourth-order valence-electron chi connectivity index (χ4n) is 4.64. The van der Waals surface area contributed by atoms with Gasteiger partial charge in [0.1, 0.15) is 17.3 Å². The number of nitrogens with zero attached hydrogens (tertiary/aromatic N) is 2. The number of nitro groups is 1. The Morgan fingerprint density at radius 1 is 1.38 bits per heavy atom. The van der Waals surface area contributed by atoms with Crippen molar-refractivity contribution in [2.45, 2.75) is 32.6 Å². The highest BCUT2D eigenvalue weighted by molar-refractivity contribution is 5.85. The summed E-state index contributed by atoms with van der Waals surface area (Å²) in [6.45, 7) is 2.19. The third-order valence-corrected chi connectivity index (χ3v) is 6.27. The zero-order valence-corrected chi connectivity index (χ0v) is 16.4. The van der Waals surface area contributed by atoms with Gasteiger partial charge in [0.2, 0.25) is 5.91 Å². The maximum Gasteiger partial charge on any atom is 0.284 e. The maximum absolute atomic E-state index is 12.4. The summed E-state index contributed by atoms with van der Waals surface area (Å²) in [5.74, 6) is 1.59. The smallest absolute Gasteiger partial charge is 0.284 e. The third kappa shape index (κ3) is 3.50. The topological polar surface area (TPSA) is 107 Å². The van der Waals surface area contributed by atoms with Gasteiger partial charge in [-0.2, -0.15) is 5.10 Å². The van der Waals surface area contributed by atoms with Gasteiger partial charge in [-0.25, -0.2) is 5.43 Å². The van der Waals surface area contributed by atoms with Crippen LogP contribution in [0.3, 0.4) is 0 Å². The fourth-order valence-corrected chi connectivity index (χ4v) is 4.64. The summed E-state index contributed by atoms with van der Waals surface area (Å²) in [5, 5.41) is 15.4. The van der Waals surface area contributed by atoms with Crippen LogP contribution in [0.4, 0.5) is 5.69 Å². The molecule has 1 N–H and O–H groups in total. The number of ether oxygens (including phenoxy) is 1. The largest absolute Gasteiger partial charge is 0.497 e. The molecule has 29 heavy (non-hydrogen) atoms. The molecule has 0 radical (unpaired) electrons. The molecule has 0 saturated heterocycles. The van der Waals surface area contributed by atoms with Crippen molar-refractivity contribution in [3.05, 3.63) is 46.2 Å². The number of benzene rings is 1. The highest BCUT2D eigenvalue weighted by atomic mass is 16.6. The van der Waals surface area contributed by atoms with Gasteiger partial charge in [0.15, 0.2) is 0 Å². The molecular formula is C21H23N3O5. The molecule has 2 fully saturated rings. The lowest BCUT2D eigenvalue weighted by Crippen LogP contribution is -2.22. The number of hydrogen-bond donors (Lipinski definition) is 1. The van der Waals surface area contributed by atoms with E-state index in [1.54, 1.807) is 24.3 Å². The molecule has 0 aliphatic heterocycles. The van der Waals surface area contributed by atoms with Crippen LogP contribution in [0.25, 0.3) is 11.3 Å². The number of hydrogen-bond acceptors (Lipinski definition) is 6. The number of nitrogens with one attached hydrogen (secondary N) is 1. The number of hydrazone groups is 1. The van der Waals surface area contributed by atoms with Crippen molar-refractivity contribution in [2.75, 3.05) is 7.11 Å². The summed E-state index contributed by atoms with van der Waals surface area (Å²) in [7, 11) is 1.45. The Bertz CT molecular complexity index is 982. The summed E-state index contributed by atoms with van der Waals surface area (Å²) in [6.07, 6.45) is 6.00. The van der Waals surface area contributed by atoms with Crippen LogP contribution >= 0.6 is 0 Å². The zero-order valence-electron chi connectivity index (χ0n) is 16.4. The summed E-state index contributed by atoms with van der Waals surface area (Å²) in [4.78, 5) is 23.3. The van der Waals surface area contributed by atoms with Gasteiger partial charge in [0.05, 0.1) is 29.9 Å². The number of fused-ring (bicyclic) bond motifs is 1. The van der Waals surface area contributed by atoms with E-state index in [9.17, 15) is 14.9 Å². The molecule has 1 amide bonds. The molecule has 2 aliphatic rings. The normalized spacial score (nSPS) is 25.4. The quantitative estimate of drug-likeness (QED) is 0.448. The Morgan fingerprint density at radius 2 is 2.21 bits per heavy atom. The molecule has 1 aromatic carbocycles. The van der Waals surface area contributed by atoms with Crippen molar-refractivity contribution in [3.63, 3.8) is 0 Å². The van der Waals surface area contributed by atoms with E-state index in [0.717, 1.165) is 12.8 Å². The molecule has 0 spiro atoms. The molecule has 0 bridgehead atoms. The summed E-state index contributed by atoms with van der Waals surface area (Å²) in [5.41, 5.74) is 2.97. The van der Waals surface area contributed by atoms with Gasteiger partial charge < -0.3 is 9.15 Å². The van der Waals surface area contributed by atoms with Crippen LogP contribution < -0.4 is 10.2 Å². The average molecular weight is 397 g/mol. The molecule has 4 rings (SSSR count). The van der Waals surface area contributed by atoms with Crippen LogP contribution in [-0.2, 0) is 4.79 Å². The second kappa shape index (κ2) is 7.35. The Balaban J connectivity index is 1.44. The molecule has 0 unspecified atom stereocenters. The summed E-state index contributed by atoms with van der Waals surface area (Å²) < 4.78 is 10.7. The number of carbonyl (C=O) groups excluding carboxylic acids is 1. The van der Waals surface area contributed by atoms with Gasteiger partial charge in [-0.3, -0.25) is 14.9 Å². The molecule has 1 aromatic heterocycles. The number of carbonyl (C=O) groups is 1. The van der Waals surface area contributed by atoms with Crippen molar-refractivity contribution in [2.24, 2.45) is 22.4 Å². The standard InChI is InChI=1S/C21H23N3O5/c1-21-10-4-3-5-16(21)19(21)20(25)23-22-12-14-7-9-18(29-14)15-8-6-13(28-2)11-17(15)24(26)27/h6-9,11-12,16,19H,3-5,10H2,1-2H3,(H,23,25)/b22-12+/t16-,19-,21+/m0/s1. The predicted octanol–water partition coefficient (Wildman–Crippen LogP) is 4.14. The van der Waals surface area contributed by atoms with Gasteiger partial charge in [0, 0.05) is 5.92 Å². The molecule has 8 nitrogen and oxygen atoms in total. The number of methoxy groups -OCH3 is 1. The lowest BCUT2D eigenvalue weighted by molar-refractivity contribution is -0.384. The first-order valence-corrected chi connectivity index (χ1v) is 9.69. The van der Waals surface area contributed by atoms with Gasteiger partial charge >= 0.3 is 0 Å². The Morgan fingerprint density at radius 3 is 2.90 bits per heavy atom. The van der Waals surface area contributed by atoms with Crippen LogP contribution in [0, 0.1) is 27.4 Å². The monoisotopic (exact) mass is 397 g/mol. The number of rotatable bonds is 6. The average Bonchev–Trinajstić information content (AvgIpc) is 3.08. The van der Waals surface area contributed by atoms with Crippen LogP contribution in [0.15, 0.2) is 39.9 Å². The highest BCUT2D eigenvalue weighted by Crippen LogP contribution is 2.66. The molecule has 152 valence electrons. The Kier molecular flexibility index (Phi) is 4.86. The van der Waals surface area contributed by atoms with E-state index < -0.39 is 4.92 Å². The molecule has 2 saturated carbocycles. The van der Waals surface area contributed by atoms with Crippen LogP contribution in [0.1, 0.15) is 38.4 Å². The summed E-state index contributed by atoms with van der Waals surface area (Å²) >= 11 is 0. The molecular weight excluding hydrogens is 374 g/mol. The van der Waals surface area contributed by atoms with Crippen molar-refractivity contribution < 1.29 is 18.9 Å². The minimum atomic E-state index is -0.482. The molecule has 1 heterocycles. The van der Waals surface area contributed by atoms with E-state index >= 15 is 0 Å². The van der Waals surface area contributed by atoms with E-state index in [2.05, 4.69) is 17.5 Å². The summed E-state index contributed by atoms with van der Waals surface area (Å²) in [6, 6.07) is 7.84. The van der Waals surface area contributed by atoms with Gasteiger partial charge in [-0.15, -0.1) is 0 Å². The second-order valence-electron chi connectivity index (χ2n) is 7.91.